The van der Waals surface area contributed by atoms with E-state index in [1.807, 2.05) is 18.2 Å². The van der Waals surface area contributed by atoms with Crippen LogP contribution in [-0.4, -0.2) is 17.1 Å². The van der Waals surface area contributed by atoms with Crippen LogP contribution >= 0.6 is 0 Å². The lowest BCUT2D eigenvalue weighted by Crippen LogP contribution is -2.48. The van der Waals surface area contributed by atoms with Crippen molar-refractivity contribution in [2.24, 2.45) is 5.41 Å². The third-order valence-corrected chi connectivity index (χ3v) is 5.42. The van der Waals surface area contributed by atoms with Gasteiger partial charge in [-0.2, -0.15) is 0 Å². The zero-order chi connectivity index (χ0) is 18.9. The molecule has 1 fully saturated rings. The summed E-state index contributed by atoms with van der Waals surface area (Å²) in [4.78, 5) is 4.57. The fraction of sp³-hybridized carbons (Fsp3) is 0.455. The molecule has 0 aromatic heterocycles. The Morgan fingerprint density at radius 1 is 1.04 bits per heavy atom. The second kappa shape index (κ2) is 5.35. The average molecular weight is 322 g/mol. The molecule has 0 saturated carbocycles. The van der Waals surface area contributed by atoms with E-state index in [1.54, 1.807) is 0 Å². The smallest absolute Gasteiger partial charge is 0.0882 e. The Morgan fingerprint density at radius 2 is 1.71 bits per heavy atom. The Morgan fingerprint density at radius 3 is 2.42 bits per heavy atom. The van der Waals surface area contributed by atoms with E-state index in [0.717, 1.165) is 11.1 Å². The van der Waals surface area contributed by atoms with Gasteiger partial charge in [0.1, 0.15) is 0 Å². The molecule has 2 heteroatoms. The van der Waals surface area contributed by atoms with Gasteiger partial charge in [0.15, 0.2) is 0 Å². The molecule has 0 N–H and O–H groups in total. The first kappa shape index (κ1) is 13.5. The second-order valence-corrected chi connectivity index (χ2v) is 8.23. The Hall–Kier alpha value is -1.80. The van der Waals surface area contributed by atoms with Crippen LogP contribution < -0.4 is 4.90 Å². The normalized spacial score (nSPS) is 29.9. The summed E-state index contributed by atoms with van der Waals surface area (Å²) in [7, 11) is 0. The van der Waals surface area contributed by atoms with Crippen LogP contribution in [0.1, 0.15) is 53.2 Å². The number of nitrogens with zero attached hydrogens (tertiary/aromatic N) is 2. The molecule has 0 radical (unpaired) electrons. The van der Waals surface area contributed by atoms with Gasteiger partial charge in [-0.1, -0.05) is 63.2 Å². The molecule has 2 aromatic rings. The molecule has 0 amide bonds. The molecule has 4 rings (SSSR count). The molecule has 3 atom stereocenters. The van der Waals surface area contributed by atoms with Gasteiger partial charge in [0.05, 0.1) is 12.2 Å². The molecule has 0 aliphatic carbocycles. The van der Waals surface area contributed by atoms with E-state index in [1.165, 1.54) is 11.3 Å². The summed E-state index contributed by atoms with van der Waals surface area (Å²) in [5.41, 5.74) is 4.32. The van der Waals surface area contributed by atoms with Crippen LogP contribution in [0.4, 0.5) is 5.69 Å². The summed E-state index contributed by atoms with van der Waals surface area (Å²) in [6.45, 7) is 9.58. The highest BCUT2D eigenvalue weighted by Gasteiger charge is 2.53. The van der Waals surface area contributed by atoms with Crippen molar-refractivity contribution in [2.75, 3.05) is 4.90 Å². The minimum atomic E-state index is -1.47. The first-order valence-electron chi connectivity index (χ1n) is 9.87. The maximum Gasteiger partial charge on any atom is 0.0882 e. The molecule has 2 unspecified atom stereocenters. The fourth-order valence-electron chi connectivity index (χ4n) is 4.47. The van der Waals surface area contributed by atoms with E-state index >= 15 is 0 Å². The molecule has 2 aliphatic rings. The fourth-order valence-corrected chi connectivity index (χ4v) is 4.47. The van der Waals surface area contributed by atoms with Crippen molar-refractivity contribution in [3.8, 4) is 0 Å². The van der Waals surface area contributed by atoms with Crippen molar-refractivity contribution in [3.05, 3.63) is 65.2 Å². The summed E-state index contributed by atoms with van der Waals surface area (Å²) >= 11 is 0. The highest BCUT2D eigenvalue weighted by Crippen LogP contribution is 2.51. The van der Waals surface area contributed by atoms with E-state index in [9.17, 15) is 0 Å². The van der Waals surface area contributed by atoms with Crippen LogP contribution in [0.3, 0.4) is 0 Å². The third kappa shape index (κ3) is 2.20. The van der Waals surface area contributed by atoms with Gasteiger partial charge in [-0.15, -0.1) is 0 Å². The average Bonchev–Trinajstić information content (AvgIpc) is 3.00. The number of rotatable bonds is 1. The van der Waals surface area contributed by atoms with Crippen molar-refractivity contribution >= 4 is 5.69 Å². The lowest BCUT2D eigenvalue weighted by Gasteiger charge is -2.42. The monoisotopic (exact) mass is 322 g/mol. The summed E-state index contributed by atoms with van der Waals surface area (Å²) in [6, 6.07) is 16.8. The van der Waals surface area contributed by atoms with Gasteiger partial charge in [-0.05, 0) is 42.0 Å². The molecule has 126 valence electrons. The van der Waals surface area contributed by atoms with Crippen LogP contribution in [-0.2, 0) is 6.50 Å². The minimum absolute atomic E-state index is 0.0222. The first-order chi connectivity index (χ1) is 12.2. The summed E-state index contributed by atoms with van der Waals surface area (Å²) in [5, 5.41) is 0. The van der Waals surface area contributed by atoms with Gasteiger partial charge in [0.25, 0.3) is 0 Å². The van der Waals surface area contributed by atoms with E-state index in [2.05, 4.69) is 74.8 Å². The molecule has 2 heterocycles. The van der Waals surface area contributed by atoms with Crippen LogP contribution in [0, 0.1) is 12.3 Å². The Balaban J connectivity index is 1.94. The van der Waals surface area contributed by atoms with Crippen molar-refractivity contribution in [1.29, 1.82) is 0 Å². The van der Waals surface area contributed by atoms with E-state index < -0.39 is 6.50 Å². The van der Waals surface area contributed by atoms with Crippen LogP contribution in [0.15, 0.2) is 48.5 Å². The molecule has 1 saturated heterocycles. The zero-order valence-electron chi connectivity index (χ0n) is 17.2. The SMILES string of the molecule is [2H]C1([2H])c2ccccc2C2[C@H](C)N(c3ccccc3C)C(C(C)(C)C)N21. The van der Waals surface area contributed by atoms with Gasteiger partial charge in [0.2, 0.25) is 0 Å². The summed E-state index contributed by atoms with van der Waals surface area (Å²) < 4.78 is 17.9. The van der Waals surface area contributed by atoms with Gasteiger partial charge in [-0.3, -0.25) is 4.90 Å². The number of aryl methyl sites for hydroxylation is 1. The molecular formula is C22H28N2. The van der Waals surface area contributed by atoms with E-state index in [-0.39, 0.29) is 23.7 Å². The minimum Gasteiger partial charge on any atom is -0.350 e. The first-order valence-corrected chi connectivity index (χ1v) is 8.87. The number of hydrogen-bond donors (Lipinski definition) is 0. The van der Waals surface area contributed by atoms with Crippen molar-refractivity contribution in [1.82, 2.24) is 4.90 Å². The van der Waals surface area contributed by atoms with Crippen molar-refractivity contribution in [3.63, 3.8) is 0 Å². The predicted molar refractivity (Wildman–Crippen MR) is 101 cm³/mol. The highest BCUT2D eigenvalue weighted by atomic mass is 15.5. The highest BCUT2D eigenvalue weighted by molar-refractivity contribution is 5.58. The van der Waals surface area contributed by atoms with Crippen LogP contribution in [0.5, 0.6) is 0 Å². The van der Waals surface area contributed by atoms with Crippen LogP contribution in [0.25, 0.3) is 0 Å². The Bertz CT molecular complexity index is 840. The van der Waals surface area contributed by atoms with Crippen LogP contribution in [0.2, 0.25) is 0 Å². The zero-order valence-corrected chi connectivity index (χ0v) is 15.2. The Labute approximate surface area is 148 Å². The largest absolute Gasteiger partial charge is 0.350 e. The third-order valence-electron chi connectivity index (χ3n) is 5.42. The molecular weight excluding hydrogens is 292 g/mol. The lowest BCUT2D eigenvalue weighted by atomic mass is 9.90. The quantitative estimate of drug-likeness (QED) is 0.718. The predicted octanol–water partition coefficient (Wildman–Crippen LogP) is 5.13. The molecule has 2 nitrogen and oxygen atoms in total. The molecule has 0 bridgehead atoms. The molecule has 2 aromatic carbocycles. The van der Waals surface area contributed by atoms with Gasteiger partial charge in [-0.25, -0.2) is 0 Å². The molecule has 2 aliphatic heterocycles. The standard InChI is InChI=1S/C22H28N2/c1-15-10-6-9-13-19(15)24-16(2)20-18-12-8-7-11-17(18)14-23(20)21(24)22(3,4)5/h6-13,16,20-21H,14H2,1-5H3/t16-,20?,21?/m0/s1/i14D2. The maximum absolute atomic E-state index is 8.97. The molecule has 24 heavy (non-hydrogen) atoms. The number of hydrogen-bond acceptors (Lipinski definition) is 2. The summed E-state index contributed by atoms with van der Waals surface area (Å²) in [5.74, 6) is 0. The van der Waals surface area contributed by atoms with E-state index in [4.69, 9.17) is 2.74 Å². The lowest BCUT2D eigenvalue weighted by molar-refractivity contribution is 0.115. The molecule has 0 spiro atoms. The van der Waals surface area contributed by atoms with Gasteiger partial charge in [0, 0.05) is 21.0 Å². The van der Waals surface area contributed by atoms with Gasteiger partial charge >= 0.3 is 0 Å². The number of anilines is 1. The number of fused-ring (bicyclic) bond motifs is 3. The second-order valence-electron chi connectivity index (χ2n) is 8.23. The van der Waals surface area contributed by atoms with Crippen molar-refractivity contribution < 1.29 is 2.74 Å². The topological polar surface area (TPSA) is 6.48 Å². The Kier molecular flexibility index (Phi) is 3.01. The maximum atomic E-state index is 8.97. The number of para-hydroxylation sites is 1. The summed E-state index contributed by atoms with van der Waals surface area (Å²) in [6.07, 6.45) is -0.0222. The number of benzene rings is 2. The van der Waals surface area contributed by atoms with Gasteiger partial charge < -0.3 is 4.90 Å². The van der Waals surface area contributed by atoms with Crippen molar-refractivity contribution in [2.45, 2.75) is 59.4 Å². The van der Waals surface area contributed by atoms with E-state index in [0.29, 0.717) is 0 Å².